The normalized spacial score (nSPS) is 15.1. The molecule has 0 spiro atoms. The second kappa shape index (κ2) is 8.52. The molecule has 10 heteroatoms. The molecule has 0 saturated carbocycles. The van der Waals surface area contributed by atoms with Gasteiger partial charge in [0.05, 0.1) is 18.3 Å². The summed E-state index contributed by atoms with van der Waals surface area (Å²) < 4.78 is 35.4. The fourth-order valence-corrected chi connectivity index (χ4v) is 5.68. The molecule has 2 aromatic carbocycles. The molecule has 1 amide bonds. The maximum Gasteiger partial charge on any atom is 0.245 e. The van der Waals surface area contributed by atoms with Crippen LogP contribution in [0, 0.1) is 13.8 Å². The molecule has 0 atom stereocenters. The van der Waals surface area contributed by atoms with E-state index in [0.29, 0.717) is 24.1 Å². The summed E-state index contributed by atoms with van der Waals surface area (Å²) in [5.41, 5.74) is 4.56. The van der Waals surface area contributed by atoms with Crippen LogP contribution in [0.1, 0.15) is 11.1 Å². The number of amides is 1. The largest absolute Gasteiger partial charge is 0.368 e. The highest BCUT2D eigenvalue weighted by Crippen LogP contribution is 2.25. The minimum atomic E-state index is -3.85. The average Bonchev–Trinajstić information content (AvgIpc) is 3.24. The maximum atomic E-state index is 13.1. The van der Waals surface area contributed by atoms with Crippen molar-refractivity contribution in [3.8, 4) is 0 Å². The van der Waals surface area contributed by atoms with E-state index in [-0.39, 0.29) is 17.3 Å². The third-order valence-corrected chi connectivity index (χ3v) is 8.22. The highest BCUT2D eigenvalue weighted by atomic mass is 32.2. The third kappa shape index (κ3) is 4.15. The molecule has 0 bridgehead atoms. The van der Waals surface area contributed by atoms with Crippen LogP contribution in [-0.2, 0) is 14.8 Å². The van der Waals surface area contributed by atoms with Gasteiger partial charge in [-0.3, -0.25) is 4.79 Å². The summed E-state index contributed by atoms with van der Waals surface area (Å²) in [5.74, 6) is -0.199. The van der Waals surface area contributed by atoms with E-state index in [0.717, 1.165) is 29.1 Å². The first-order chi connectivity index (χ1) is 14.8. The summed E-state index contributed by atoms with van der Waals surface area (Å²) >= 11 is 0.969. The van der Waals surface area contributed by atoms with Gasteiger partial charge in [-0.25, -0.2) is 8.42 Å². The minimum Gasteiger partial charge on any atom is -0.368 e. The van der Waals surface area contributed by atoms with Crippen LogP contribution in [0.3, 0.4) is 0 Å². The summed E-state index contributed by atoms with van der Waals surface area (Å²) in [5, 5.41) is 0. The smallest absolute Gasteiger partial charge is 0.245 e. The first-order valence-corrected chi connectivity index (χ1v) is 12.2. The molecule has 1 fully saturated rings. The van der Waals surface area contributed by atoms with E-state index in [1.54, 1.807) is 17.0 Å². The molecular weight excluding hydrogens is 434 g/mol. The van der Waals surface area contributed by atoms with E-state index < -0.39 is 10.0 Å². The van der Waals surface area contributed by atoms with Gasteiger partial charge in [-0.1, -0.05) is 18.2 Å². The number of anilines is 1. The fourth-order valence-electron chi connectivity index (χ4n) is 3.81. The maximum absolute atomic E-state index is 13.1. The van der Waals surface area contributed by atoms with E-state index >= 15 is 0 Å². The van der Waals surface area contributed by atoms with Crippen molar-refractivity contribution >= 4 is 44.4 Å². The first-order valence-electron chi connectivity index (χ1n) is 10.1. The van der Waals surface area contributed by atoms with Crippen LogP contribution in [0.15, 0.2) is 41.3 Å². The topological polar surface area (TPSA) is 86.7 Å². The summed E-state index contributed by atoms with van der Waals surface area (Å²) in [6.07, 6.45) is 0. The number of benzene rings is 2. The van der Waals surface area contributed by atoms with Gasteiger partial charge in [0, 0.05) is 38.9 Å². The number of hydrogen-bond acceptors (Lipinski definition) is 7. The molecule has 3 aromatic rings. The molecule has 0 unspecified atom stereocenters. The highest BCUT2D eigenvalue weighted by Gasteiger charge is 2.29. The second-order valence-corrected chi connectivity index (χ2v) is 10.3. The quantitative estimate of drug-likeness (QED) is 0.582. The van der Waals surface area contributed by atoms with Gasteiger partial charge in [-0.05, 0) is 43.2 Å². The number of nitrogens with zero attached hydrogens (tertiary/aromatic N) is 5. The predicted octanol–water partition coefficient (Wildman–Crippen LogP) is 2.28. The van der Waals surface area contributed by atoms with Gasteiger partial charge in [-0.15, -0.1) is 0 Å². The lowest BCUT2D eigenvalue weighted by Crippen LogP contribution is -2.51. The molecule has 1 aliphatic heterocycles. The van der Waals surface area contributed by atoms with E-state index in [1.807, 2.05) is 6.07 Å². The molecule has 164 valence electrons. The number of fused-ring (bicyclic) bond motifs is 1. The Morgan fingerprint density at radius 2 is 1.77 bits per heavy atom. The summed E-state index contributed by atoms with van der Waals surface area (Å²) in [4.78, 5) is 16.9. The zero-order chi connectivity index (χ0) is 22.2. The Morgan fingerprint density at radius 1 is 1.06 bits per heavy atom. The monoisotopic (exact) mass is 459 g/mol. The lowest BCUT2D eigenvalue weighted by Gasteiger charge is -2.37. The SMILES string of the molecule is Cc1cccc(N2CCN(C(=O)CN(C)S(=O)(=O)c3cccc4nsnc34)CC2)c1C. The zero-order valence-electron chi connectivity index (χ0n) is 17.8. The van der Waals surface area contributed by atoms with Crippen LogP contribution in [0.25, 0.3) is 11.0 Å². The second-order valence-electron chi connectivity index (χ2n) is 7.74. The molecule has 2 heterocycles. The van der Waals surface area contributed by atoms with Crippen molar-refractivity contribution in [2.45, 2.75) is 18.7 Å². The van der Waals surface area contributed by atoms with Gasteiger partial charge < -0.3 is 9.80 Å². The first kappa shape index (κ1) is 21.7. The number of carbonyl (C=O) groups is 1. The highest BCUT2D eigenvalue weighted by molar-refractivity contribution is 7.89. The summed E-state index contributed by atoms with van der Waals surface area (Å²) in [6, 6.07) is 11.1. The molecule has 8 nitrogen and oxygen atoms in total. The molecule has 31 heavy (non-hydrogen) atoms. The number of aromatic nitrogens is 2. The Kier molecular flexibility index (Phi) is 5.96. The van der Waals surface area contributed by atoms with Crippen LogP contribution in [0.4, 0.5) is 5.69 Å². The molecule has 1 aliphatic rings. The van der Waals surface area contributed by atoms with Gasteiger partial charge in [0.2, 0.25) is 15.9 Å². The van der Waals surface area contributed by atoms with Crippen LogP contribution in [0.2, 0.25) is 0 Å². The van der Waals surface area contributed by atoms with Crippen LogP contribution in [-0.4, -0.2) is 72.0 Å². The van der Waals surface area contributed by atoms with Crippen molar-refractivity contribution in [2.75, 3.05) is 44.7 Å². The van der Waals surface area contributed by atoms with E-state index in [4.69, 9.17) is 0 Å². The molecule has 1 saturated heterocycles. The molecular formula is C21H25N5O3S2. The number of sulfonamides is 1. The molecule has 0 radical (unpaired) electrons. The summed E-state index contributed by atoms with van der Waals surface area (Å²) in [7, 11) is -2.42. The van der Waals surface area contributed by atoms with Crippen LogP contribution in [0.5, 0.6) is 0 Å². The number of rotatable bonds is 5. The van der Waals surface area contributed by atoms with Crippen molar-refractivity contribution in [1.29, 1.82) is 0 Å². The van der Waals surface area contributed by atoms with Gasteiger partial charge in [-0.2, -0.15) is 13.1 Å². The van der Waals surface area contributed by atoms with Gasteiger partial charge >= 0.3 is 0 Å². The fraction of sp³-hybridized carbons (Fsp3) is 0.381. The average molecular weight is 460 g/mol. The number of hydrogen-bond donors (Lipinski definition) is 0. The van der Waals surface area contributed by atoms with Gasteiger partial charge in [0.1, 0.15) is 15.9 Å². The number of aryl methyl sites for hydroxylation is 1. The Labute approximate surface area is 186 Å². The van der Waals surface area contributed by atoms with E-state index in [9.17, 15) is 13.2 Å². The van der Waals surface area contributed by atoms with Crippen LogP contribution < -0.4 is 4.90 Å². The number of likely N-dealkylation sites (N-methyl/N-ethyl adjacent to an activating group) is 1. The molecule has 0 aliphatic carbocycles. The molecule has 4 rings (SSSR count). The lowest BCUT2D eigenvalue weighted by atomic mass is 10.1. The molecule has 0 N–H and O–H groups in total. The third-order valence-electron chi connectivity index (χ3n) is 5.84. The Bertz CT molecular complexity index is 1220. The summed E-state index contributed by atoms with van der Waals surface area (Å²) in [6.45, 7) is 6.56. The van der Waals surface area contributed by atoms with Gasteiger partial charge in [0.15, 0.2) is 0 Å². The van der Waals surface area contributed by atoms with E-state index in [2.05, 4.69) is 39.6 Å². The van der Waals surface area contributed by atoms with Crippen molar-refractivity contribution < 1.29 is 13.2 Å². The van der Waals surface area contributed by atoms with E-state index in [1.165, 1.54) is 29.9 Å². The van der Waals surface area contributed by atoms with Crippen molar-refractivity contribution in [2.24, 2.45) is 0 Å². The number of piperazine rings is 1. The Morgan fingerprint density at radius 3 is 2.52 bits per heavy atom. The van der Waals surface area contributed by atoms with Gasteiger partial charge in [0.25, 0.3) is 0 Å². The predicted molar refractivity (Wildman–Crippen MR) is 122 cm³/mol. The Balaban J connectivity index is 1.42. The molecule has 1 aromatic heterocycles. The standard InChI is InChI=1S/C21H25N5O3S2/c1-15-6-4-8-18(16(15)2)25-10-12-26(13-11-25)20(27)14-24(3)31(28,29)19-9-5-7-17-21(19)23-30-22-17/h4-9H,10-14H2,1-3H3. The lowest BCUT2D eigenvalue weighted by molar-refractivity contribution is -0.131. The Hall–Kier alpha value is -2.56. The van der Waals surface area contributed by atoms with Crippen LogP contribution >= 0.6 is 11.7 Å². The minimum absolute atomic E-state index is 0.0776. The zero-order valence-corrected chi connectivity index (χ0v) is 19.4. The number of carbonyl (C=O) groups excluding carboxylic acids is 1. The van der Waals surface area contributed by atoms with Crippen molar-refractivity contribution in [3.63, 3.8) is 0 Å². The van der Waals surface area contributed by atoms with Crippen molar-refractivity contribution in [3.05, 3.63) is 47.5 Å². The van der Waals surface area contributed by atoms with Crippen molar-refractivity contribution in [1.82, 2.24) is 18.0 Å².